The Hall–Kier alpha value is -2.82. The Bertz CT molecular complexity index is 881. The predicted molar refractivity (Wildman–Crippen MR) is 123 cm³/mol. The van der Waals surface area contributed by atoms with E-state index >= 15 is 0 Å². The van der Waals surface area contributed by atoms with E-state index in [2.05, 4.69) is 15.5 Å². The number of benzene rings is 2. The molecule has 2 aromatic rings. The van der Waals surface area contributed by atoms with Gasteiger partial charge in [0.2, 0.25) is 5.91 Å². The Morgan fingerprint density at radius 1 is 0.967 bits per heavy atom. The first-order chi connectivity index (χ1) is 14.3. The molecule has 1 atom stereocenters. The fourth-order valence-corrected chi connectivity index (χ4v) is 3.62. The van der Waals surface area contributed by atoms with Crippen molar-refractivity contribution < 1.29 is 9.59 Å². The lowest BCUT2D eigenvalue weighted by Gasteiger charge is -2.31. The van der Waals surface area contributed by atoms with E-state index in [0.29, 0.717) is 11.3 Å². The molecule has 0 aliphatic carbocycles. The summed E-state index contributed by atoms with van der Waals surface area (Å²) in [5.74, 6) is -0.198. The minimum atomic E-state index is -0.504. The molecule has 0 spiro atoms. The van der Waals surface area contributed by atoms with Gasteiger partial charge >= 0.3 is 0 Å². The van der Waals surface area contributed by atoms with Crippen LogP contribution in [0.25, 0.3) is 0 Å². The van der Waals surface area contributed by atoms with Crippen LogP contribution in [0.1, 0.15) is 68.9 Å². The Morgan fingerprint density at radius 2 is 1.63 bits per heavy atom. The topological polar surface area (TPSA) is 61.4 Å². The lowest BCUT2D eigenvalue weighted by atomic mass is 9.95. The van der Waals surface area contributed by atoms with E-state index in [1.54, 1.807) is 6.07 Å². The SMILES string of the molecule is CC(NC(=O)c1cc(NC(=O)C(C)(C)C)ccc1N1CCCCC1)c1ccccc1. The summed E-state index contributed by atoms with van der Waals surface area (Å²) in [5.41, 5.74) is 2.74. The molecule has 0 aromatic heterocycles. The number of nitrogens with one attached hydrogen (secondary N) is 2. The van der Waals surface area contributed by atoms with Gasteiger partial charge < -0.3 is 15.5 Å². The Kier molecular flexibility index (Phi) is 6.80. The summed E-state index contributed by atoms with van der Waals surface area (Å²) < 4.78 is 0. The number of carbonyl (C=O) groups is 2. The lowest BCUT2D eigenvalue weighted by Crippen LogP contribution is -2.34. The fourth-order valence-electron chi connectivity index (χ4n) is 3.62. The summed E-state index contributed by atoms with van der Waals surface area (Å²) in [5, 5.41) is 6.08. The quantitative estimate of drug-likeness (QED) is 0.720. The van der Waals surface area contributed by atoms with Crippen LogP contribution in [0.5, 0.6) is 0 Å². The van der Waals surface area contributed by atoms with Gasteiger partial charge in [-0.05, 0) is 49.9 Å². The summed E-state index contributed by atoms with van der Waals surface area (Å²) in [4.78, 5) is 28.0. The molecule has 1 saturated heterocycles. The van der Waals surface area contributed by atoms with Crippen molar-refractivity contribution in [2.45, 2.75) is 53.0 Å². The molecule has 0 radical (unpaired) electrons. The van der Waals surface area contributed by atoms with Crippen molar-refractivity contribution in [2.75, 3.05) is 23.3 Å². The van der Waals surface area contributed by atoms with Crippen LogP contribution < -0.4 is 15.5 Å². The van der Waals surface area contributed by atoms with E-state index in [1.807, 2.05) is 70.2 Å². The van der Waals surface area contributed by atoms with Gasteiger partial charge in [-0.15, -0.1) is 0 Å². The molecular weight excluding hydrogens is 374 g/mol. The molecule has 2 aromatic carbocycles. The smallest absolute Gasteiger partial charge is 0.253 e. The fraction of sp³-hybridized carbons (Fsp3) is 0.440. The first-order valence-corrected chi connectivity index (χ1v) is 10.8. The third kappa shape index (κ3) is 5.41. The van der Waals surface area contributed by atoms with E-state index < -0.39 is 5.41 Å². The second kappa shape index (κ2) is 9.33. The molecule has 160 valence electrons. The molecule has 0 bridgehead atoms. The van der Waals surface area contributed by atoms with Crippen LogP contribution in [0.15, 0.2) is 48.5 Å². The highest BCUT2D eigenvalue weighted by atomic mass is 16.2. The van der Waals surface area contributed by atoms with Crippen molar-refractivity contribution in [1.82, 2.24) is 5.32 Å². The largest absolute Gasteiger partial charge is 0.371 e. The van der Waals surface area contributed by atoms with E-state index in [9.17, 15) is 9.59 Å². The van der Waals surface area contributed by atoms with Crippen molar-refractivity contribution in [1.29, 1.82) is 0 Å². The maximum absolute atomic E-state index is 13.3. The monoisotopic (exact) mass is 407 g/mol. The molecule has 3 rings (SSSR count). The summed E-state index contributed by atoms with van der Waals surface area (Å²) in [6, 6.07) is 15.5. The maximum atomic E-state index is 13.3. The molecule has 1 aliphatic heterocycles. The maximum Gasteiger partial charge on any atom is 0.253 e. The molecule has 1 unspecified atom stereocenters. The number of amides is 2. The van der Waals surface area contributed by atoms with Crippen LogP contribution in [0.4, 0.5) is 11.4 Å². The highest BCUT2D eigenvalue weighted by Gasteiger charge is 2.24. The van der Waals surface area contributed by atoms with Crippen LogP contribution in [0, 0.1) is 5.41 Å². The van der Waals surface area contributed by atoms with Crippen LogP contribution in [-0.4, -0.2) is 24.9 Å². The average molecular weight is 408 g/mol. The summed E-state index contributed by atoms with van der Waals surface area (Å²) in [7, 11) is 0. The van der Waals surface area contributed by atoms with Gasteiger partial charge in [0.25, 0.3) is 5.91 Å². The molecule has 5 nitrogen and oxygen atoms in total. The lowest BCUT2D eigenvalue weighted by molar-refractivity contribution is -0.123. The number of piperidine rings is 1. The van der Waals surface area contributed by atoms with Crippen molar-refractivity contribution in [2.24, 2.45) is 5.41 Å². The molecule has 30 heavy (non-hydrogen) atoms. The van der Waals surface area contributed by atoms with Crippen molar-refractivity contribution in [3.05, 3.63) is 59.7 Å². The van der Waals surface area contributed by atoms with Crippen LogP contribution in [-0.2, 0) is 4.79 Å². The summed E-state index contributed by atoms with van der Waals surface area (Å²) in [6.07, 6.45) is 3.48. The Morgan fingerprint density at radius 3 is 2.27 bits per heavy atom. The number of hydrogen-bond acceptors (Lipinski definition) is 3. The molecule has 5 heteroatoms. The van der Waals surface area contributed by atoms with Gasteiger partial charge in [-0.25, -0.2) is 0 Å². The average Bonchev–Trinajstić information content (AvgIpc) is 2.74. The molecular formula is C25H33N3O2. The third-order valence-electron chi connectivity index (χ3n) is 5.52. The zero-order valence-corrected chi connectivity index (χ0v) is 18.5. The Labute approximate surface area is 179 Å². The number of nitrogens with zero attached hydrogens (tertiary/aromatic N) is 1. The number of carbonyl (C=O) groups excluding carboxylic acids is 2. The van der Waals surface area contributed by atoms with Gasteiger partial charge in [0.05, 0.1) is 11.6 Å². The molecule has 1 fully saturated rings. The standard InChI is InChI=1S/C25H33N3O2/c1-18(19-11-7-5-8-12-19)26-23(29)21-17-20(27-24(30)25(2,3)4)13-14-22(21)28-15-9-6-10-16-28/h5,7-8,11-14,17-18H,6,9-10,15-16H2,1-4H3,(H,26,29)(H,27,30). The first-order valence-electron chi connectivity index (χ1n) is 10.8. The van der Waals surface area contributed by atoms with E-state index in [4.69, 9.17) is 0 Å². The van der Waals surface area contributed by atoms with Gasteiger partial charge in [-0.3, -0.25) is 9.59 Å². The number of anilines is 2. The van der Waals surface area contributed by atoms with Gasteiger partial charge in [-0.2, -0.15) is 0 Å². The summed E-state index contributed by atoms with van der Waals surface area (Å²) in [6.45, 7) is 9.50. The third-order valence-corrected chi connectivity index (χ3v) is 5.52. The summed E-state index contributed by atoms with van der Waals surface area (Å²) >= 11 is 0. The highest BCUT2D eigenvalue weighted by Crippen LogP contribution is 2.29. The van der Waals surface area contributed by atoms with Gasteiger partial charge in [0.15, 0.2) is 0 Å². The molecule has 0 saturated carbocycles. The Balaban J connectivity index is 1.88. The van der Waals surface area contributed by atoms with E-state index in [0.717, 1.165) is 37.2 Å². The molecule has 2 amide bonds. The highest BCUT2D eigenvalue weighted by molar-refractivity contribution is 6.02. The normalized spacial score (nSPS) is 15.4. The van der Waals surface area contributed by atoms with E-state index in [1.165, 1.54) is 6.42 Å². The van der Waals surface area contributed by atoms with Gasteiger partial charge in [0.1, 0.15) is 0 Å². The molecule has 2 N–H and O–H groups in total. The van der Waals surface area contributed by atoms with Crippen LogP contribution in [0.3, 0.4) is 0 Å². The predicted octanol–water partition coefficient (Wildman–Crippen LogP) is 5.15. The first kappa shape index (κ1) is 21.9. The zero-order chi connectivity index (χ0) is 21.7. The number of rotatable bonds is 5. The minimum absolute atomic E-state index is 0.0720. The van der Waals surface area contributed by atoms with Crippen LogP contribution >= 0.6 is 0 Å². The second-order valence-electron chi connectivity index (χ2n) is 9.09. The number of hydrogen-bond donors (Lipinski definition) is 2. The van der Waals surface area contributed by atoms with Crippen molar-refractivity contribution in [3.63, 3.8) is 0 Å². The van der Waals surface area contributed by atoms with Gasteiger partial charge in [-0.1, -0.05) is 51.1 Å². The molecule has 1 aliphatic rings. The minimum Gasteiger partial charge on any atom is -0.371 e. The van der Waals surface area contributed by atoms with Crippen molar-refractivity contribution in [3.8, 4) is 0 Å². The van der Waals surface area contributed by atoms with Crippen molar-refractivity contribution >= 4 is 23.2 Å². The second-order valence-corrected chi connectivity index (χ2v) is 9.09. The van der Waals surface area contributed by atoms with Crippen LogP contribution in [0.2, 0.25) is 0 Å². The van der Waals surface area contributed by atoms with E-state index in [-0.39, 0.29) is 17.9 Å². The van der Waals surface area contributed by atoms with Gasteiger partial charge in [0, 0.05) is 29.9 Å². The zero-order valence-electron chi connectivity index (χ0n) is 18.5. The molecule has 1 heterocycles.